The van der Waals surface area contributed by atoms with Gasteiger partial charge in [-0.1, -0.05) is 59.3 Å². The van der Waals surface area contributed by atoms with Crippen molar-refractivity contribution in [2.24, 2.45) is 0 Å². The van der Waals surface area contributed by atoms with Crippen LogP contribution in [0.15, 0.2) is 78.4 Å². The molecular weight excluding hydrogens is 576 g/mol. The summed E-state index contributed by atoms with van der Waals surface area (Å²) < 4.78 is 12.0. The molecule has 1 unspecified atom stereocenters. The zero-order chi connectivity index (χ0) is 30.0. The Labute approximate surface area is 251 Å². The Morgan fingerprint density at radius 1 is 1.02 bits per heavy atom. The van der Waals surface area contributed by atoms with Crippen LogP contribution in [-0.4, -0.2) is 34.2 Å². The summed E-state index contributed by atoms with van der Waals surface area (Å²) in [5, 5.41) is 12.0. The lowest BCUT2D eigenvalue weighted by Crippen LogP contribution is -2.29. The molecule has 0 radical (unpaired) electrons. The smallest absolute Gasteiger partial charge is 0.301 e. The maximum atomic E-state index is 13.6. The second-order valence-electron chi connectivity index (χ2n) is 9.56. The standard InChI is InChI=1S/C32H27ClN2O6S/c1-4-40-25-16-22(12-15-24(25)41-17-20-8-6-5-7-9-20)27-26(28(37)21-10-13-23(33)14-11-21)29(38)31(39)35(27)32-34-18(2)30(42-32)19(3)36/h5-16,27,37H,4,17H2,1-3H3. The molecule has 1 atom stereocenters. The number of ether oxygens (including phenoxy) is 2. The third-order valence-electron chi connectivity index (χ3n) is 6.69. The van der Waals surface area contributed by atoms with Gasteiger partial charge in [-0.15, -0.1) is 0 Å². The van der Waals surface area contributed by atoms with E-state index in [9.17, 15) is 19.5 Å². The van der Waals surface area contributed by atoms with Crippen molar-refractivity contribution in [3.63, 3.8) is 0 Å². The highest BCUT2D eigenvalue weighted by Crippen LogP contribution is 2.45. The Hall–Kier alpha value is -4.47. The van der Waals surface area contributed by atoms with Crippen molar-refractivity contribution < 1.29 is 29.0 Å². The minimum atomic E-state index is -1.06. The van der Waals surface area contributed by atoms with E-state index in [1.165, 1.54) is 11.8 Å². The molecule has 42 heavy (non-hydrogen) atoms. The molecule has 0 bridgehead atoms. The second kappa shape index (κ2) is 12.2. The summed E-state index contributed by atoms with van der Waals surface area (Å²) in [6.45, 7) is 5.56. The Balaban J connectivity index is 1.65. The number of aryl methyl sites for hydroxylation is 1. The van der Waals surface area contributed by atoms with Gasteiger partial charge in [0.15, 0.2) is 22.4 Å². The molecular formula is C32H27ClN2O6S. The van der Waals surface area contributed by atoms with Crippen LogP contribution in [0.4, 0.5) is 5.13 Å². The lowest BCUT2D eigenvalue weighted by atomic mass is 9.95. The van der Waals surface area contributed by atoms with Gasteiger partial charge >= 0.3 is 5.91 Å². The average molecular weight is 603 g/mol. The van der Waals surface area contributed by atoms with Crippen LogP contribution in [0.2, 0.25) is 5.02 Å². The number of hydrogen-bond donors (Lipinski definition) is 1. The molecule has 0 aliphatic carbocycles. The van der Waals surface area contributed by atoms with E-state index in [2.05, 4.69) is 4.98 Å². The molecule has 0 spiro atoms. The quantitative estimate of drug-likeness (QED) is 0.0960. The normalized spacial score (nSPS) is 16.1. The molecule has 5 rings (SSSR count). The van der Waals surface area contributed by atoms with E-state index in [1.54, 1.807) is 49.4 Å². The van der Waals surface area contributed by atoms with Crippen LogP contribution >= 0.6 is 22.9 Å². The number of thiazole rings is 1. The van der Waals surface area contributed by atoms with Crippen molar-refractivity contribution in [1.82, 2.24) is 4.98 Å². The third-order valence-corrected chi connectivity index (χ3v) is 8.20. The first-order valence-corrected chi connectivity index (χ1v) is 14.4. The topological polar surface area (TPSA) is 106 Å². The van der Waals surface area contributed by atoms with Crippen LogP contribution in [0, 0.1) is 6.92 Å². The molecule has 1 saturated heterocycles. The van der Waals surface area contributed by atoms with E-state index in [-0.39, 0.29) is 22.2 Å². The molecule has 1 aromatic heterocycles. The zero-order valence-corrected chi connectivity index (χ0v) is 24.7. The lowest BCUT2D eigenvalue weighted by molar-refractivity contribution is -0.132. The van der Waals surface area contributed by atoms with Crippen molar-refractivity contribution >= 4 is 51.3 Å². The summed E-state index contributed by atoms with van der Waals surface area (Å²) in [7, 11) is 0. The van der Waals surface area contributed by atoms with Gasteiger partial charge in [0.25, 0.3) is 5.78 Å². The molecule has 4 aromatic rings. The van der Waals surface area contributed by atoms with Crippen LogP contribution in [-0.2, 0) is 16.2 Å². The SMILES string of the molecule is CCOc1cc(C2C(=C(O)c3ccc(Cl)cc3)C(=O)C(=O)N2c2nc(C)c(C(C)=O)s2)ccc1OCc1ccccc1. The molecule has 1 fully saturated rings. The van der Waals surface area contributed by atoms with Gasteiger partial charge in [0.2, 0.25) is 0 Å². The van der Waals surface area contributed by atoms with E-state index in [1.807, 2.05) is 37.3 Å². The van der Waals surface area contributed by atoms with Crippen molar-refractivity contribution in [3.05, 3.63) is 111 Å². The lowest BCUT2D eigenvalue weighted by Gasteiger charge is -2.24. The number of aliphatic hydroxyl groups is 1. The predicted octanol–water partition coefficient (Wildman–Crippen LogP) is 6.91. The molecule has 2 heterocycles. The number of nitrogens with zero attached hydrogens (tertiary/aromatic N) is 2. The molecule has 3 aromatic carbocycles. The van der Waals surface area contributed by atoms with Gasteiger partial charge in [-0.25, -0.2) is 4.98 Å². The summed E-state index contributed by atoms with van der Waals surface area (Å²) in [5.74, 6) is -1.44. The number of carbonyl (C=O) groups excluding carboxylic acids is 3. The average Bonchev–Trinajstić information content (AvgIpc) is 3.49. The molecule has 1 N–H and O–H groups in total. The Bertz CT molecular complexity index is 1700. The summed E-state index contributed by atoms with van der Waals surface area (Å²) >= 11 is 7.06. The molecule has 1 amide bonds. The fourth-order valence-electron chi connectivity index (χ4n) is 4.74. The van der Waals surface area contributed by atoms with Gasteiger partial charge in [-0.3, -0.25) is 19.3 Å². The van der Waals surface area contributed by atoms with Crippen LogP contribution in [0.5, 0.6) is 11.5 Å². The summed E-state index contributed by atoms with van der Waals surface area (Å²) in [6, 6.07) is 20.0. The second-order valence-corrected chi connectivity index (χ2v) is 11.0. The third kappa shape index (κ3) is 5.66. The first-order chi connectivity index (χ1) is 20.2. The highest BCUT2D eigenvalue weighted by molar-refractivity contribution is 7.18. The number of aliphatic hydroxyl groups excluding tert-OH is 1. The fourth-order valence-corrected chi connectivity index (χ4v) is 5.85. The molecule has 0 saturated carbocycles. The minimum absolute atomic E-state index is 0.125. The predicted molar refractivity (Wildman–Crippen MR) is 161 cm³/mol. The number of Topliss-reactive ketones (excluding diaryl/α,β-unsaturated/α-hetero) is 2. The zero-order valence-electron chi connectivity index (χ0n) is 23.1. The molecule has 10 heteroatoms. The Kier molecular flexibility index (Phi) is 8.42. The number of anilines is 1. The van der Waals surface area contributed by atoms with Gasteiger partial charge in [-0.05, 0) is 61.4 Å². The van der Waals surface area contributed by atoms with Gasteiger partial charge in [0, 0.05) is 17.5 Å². The van der Waals surface area contributed by atoms with E-state index in [4.69, 9.17) is 21.1 Å². The van der Waals surface area contributed by atoms with E-state index in [0.29, 0.717) is 51.4 Å². The number of rotatable bonds is 9. The number of ketones is 2. The highest BCUT2D eigenvalue weighted by atomic mass is 35.5. The van der Waals surface area contributed by atoms with Crippen molar-refractivity contribution in [3.8, 4) is 11.5 Å². The van der Waals surface area contributed by atoms with E-state index in [0.717, 1.165) is 16.9 Å². The van der Waals surface area contributed by atoms with E-state index < -0.39 is 17.7 Å². The Morgan fingerprint density at radius 3 is 2.38 bits per heavy atom. The number of carbonyl (C=O) groups is 3. The van der Waals surface area contributed by atoms with Gasteiger partial charge in [0.05, 0.1) is 28.8 Å². The number of amides is 1. The number of halogens is 1. The van der Waals surface area contributed by atoms with Crippen molar-refractivity contribution in [1.29, 1.82) is 0 Å². The van der Waals surface area contributed by atoms with E-state index >= 15 is 0 Å². The monoisotopic (exact) mass is 602 g/mol. The minimum Gasteiger partial charge on any atom is -0.507 e. The number of aromatic nitrogens is 1. The van der Waals surface area contributed by atoms with Crippen LogP contribution in [0.3, 0.4) is 0 Å². The van der Waals surface area contributed by atoms with Crippen molar-refractivity contribution in [2.75, 3.05) is 11.5 Å². The largest absolute Gasteiger partial charge is 0.507 e. The Morgan fingerprint density at radius 2 is 1.74 bits per heavy atom. The number of benzene rings is 3. The first-order valence-electron chi connectivity index (χ1n) is 13.2. The van der Waals surface area contributed by atoms with Crippen LogP contribution in [0.1, 0.15) is 51.9 Å². The molecule has 8 nitrogen and oxygen atoms in total. The van der Waals surface area contributed by atoms with Gasteiger partial charge < -0.3 is 14.6 Å². The first kappa shape index (κ1) is 29.0. The maximum absolute atomic E-state index is 13.6. The molecule has 214 valence electrons. The van der Waals surface area contributed by atoms with Gasteiger partial charge in [0.1, 0.15) is 12.4 Å². The fraction of sp³-hybridized carbons (Fsp3) is 0.188. The van der Waals surface area contributed by atoms with Gasteiger partial charge in [-0.2, -0.15) is 0 Å². The molecule has 1 aliphatic heterocycles. The number of hydrogen-bond acceptors (Lipinski definition) is 8. The van der Waals surface area contributed by atoms with Crippen LogP contribution < -0.4 is 14.4 Å². The summed E-state index contributed by atoms with van der Waals surface area (Å²) in [6.07, 6.45) is 0. The summed E-state index contributed by atoms with van der Waals surface area (Å²) in [5.41, 5.74) is 2.09. The van der Waals surface area contributed by atoms with Crippen molar-refractivity contribution in [2.45, 2.75) is 33.4 Å². The molecule has 1 aliphatic rings. The van der Waals surface area contributed by atoms with Crippen LogP contribution in [0.25, 0.3) is 5.76 Å². The highest BCUT2D eigenvalue weighted by Gasteiger charge is 2.48. The summed E-state index contributed by atoms with van der Waals surface area (Å²) in [4.78, 5) is 45.4. The maximum Gasteiger partial charge on any atom is 0.301 e.